The van der Waals surface area contributed by atoms with Gasteiger partial charge in [0.25, 0.3) is 0 Å². The minimum atomic E-state index is 0.0317. The summed E-state index contributed by atoms with van der Waals surface area (Å²) in [6.07, 6.45) is 1.90. The van der Waals surface area contributed by atoms with E-state index in [0.717, 1.165) is 22.0 Å². The first-order valence-electron chi connectivity index (χ1n) is 6.84. The third-order valence-corrected chi connectivity index (χ3v) is 4.23. The van der Waals surface area contributed by atoms with Gasteiger partial charge in [-0.05, 0) is 49.2 Å². The molecule has 0 atom stereocenters. The van der Waals surface area contributed by atoms with Gasteiger partial charge in [0.15, 0.2) is 5.78 Å². The quantitative estimate of drug-likeness (QED) is 0.630. The zero-order chi connectivity index (χ0) is 15.1. The fourth-order valence-electron chi connectivity index (χ4n) is 2.62. The molecule has 0 saturated carbocycles. The summed E-state index contributed by atoms with van der Waals surface area (Å²) < 4.78 is 2.00. The number of hydrogen-bond donors (Lipinski definition) is 0. The van der Waals surface area contributed by atoms with Crippen LogP contribution in [0.3, 0.4) is 0 Å². The molecule has 0 aliphatic carbocycles. The molecule has 0 radical (unpaired) electrons. The van der Waals surface area contributed by atoms with E-state index in [-0.39, 0.29) is 5.78 Å². The van der Waals surface area contributed by atoms with Gasteiger partial charge in [-0.2, -0.15) is 0 Å². The van der Waals surface area contributed by atoms with Gasteiger partial charge in [0.1, 0.15) is 0 Å². The number of fused-ring (bicyclic) bond motifs is 1. The lowest BCUT2D eigenvalue weighted by molar-refractivity contribution is 0.104. The number of halogens is 1. The maximum atomic E-state index is 12.8. The van der Waals surface area contributed by atoms with Crippen LogP contribution in [0.2, 0.25) is 5.02 Å². The zero-order valence-corrected chi connectivity index (χ0v) is 13.0. The SMILES string of the molecule is Cc1ccc2c(C(=O)c3ccc(Cl)c(C)c3)cn(C)c2c1. The van der Waals surface area contributed by atoms with Gasteiger partial charge in [-0.1, -0.05) is 23.7 Å². The molecular formula is C18H16ClNO. The first-order chi connectivity index (χ1) is 9.97. The molecule has 0 amide bonds. The Morgan fingerprint density at radius 1 is 1.10 bits per heavy atom. The lowest BCUT2D eigenvalue weighted by Gasteiger charge is -2.03. The predicted molar refractivity (Wildman–Crippen MR) is 87.3 cm³/mol. The minimum absolute atomic E-state index is 0.0317. The van der Waals surface area contributed by atoms with Crippen LogP contribution in [0.15, 0.2) is 42.6 Å². The highest BCUT2D eigenvalue weighted by molar-refractivity contribution is 6.31. The third-order valence-electron chi connectivity index (χ3n) is 3.81. The Morgan fingerprint density at radius 2 is 1.86 bits per heavy atom. The summed E-state index contributed by atoms with van der Waals surface area (Å²) >= 11 is 6.03. The Bertz CT molecular complexity index is 861. The lowest BCUT2D eigenvalue weighted by atomic mass is 10.0. The van der Waals surface area contributed by atoms with Gasteiger partial charge in [-0.15, -0.1) is 0 Å². The highest BCUT2D eigenvalue weighted by atomic mass is 35.5. The van der Waals surface area contributed by atoms with Crippen LogP contribution in [-0.4, -0.2) is 10.4 Å². The van der Waals surface area contributed by atoms with Crippen LogP contribution < -0.4 is 0 Å². The van der Waals surface area contributed by atoms with Crippen molar-refractivity contribution in [1.29, 1.82) is 0 Å². The minimum Gasteiger partial charge on any atom is -0.350 e. The van der Waals surface area contributed by atoms with Crippen molar-refractivity contribution in [3.8, 4) is 0 Å². The van der Waals surface area contributed by atoms with Crippen molar-refractivity contribution in [3.05, 3.63) is 69.9 Å². The molecule has 106 valence electrons. The van der Waals surface area contributed by atoms with E-state index in [0.29, 0.717) is 10.6 Å². The normalized spacial score (nSPS) is 11.0. The Balaban J connectivity index is 2.15. The first-order valence-corrected chi connectivity index (χ1v) is 7.21. The number of hydrogen-bond acceptors (Lipinski definition) is 1. The molecule has 3 rings (SSSR count). The Labute approximate surface area is 129 Å². The molecule has 21 heavy (non-hydrogen) atoms. The monoisotopic (exact) mass is 297 g/mol. The van der Waals surface area contributed by atoms with Crippen molar-refractivity contribution in [2.24, 2.45) is 7.05 Å². The molecule has 0 fully saturated rings. The molecule has 0 spiro atoms. The van der Waals surface area contributed by atoms with Crippen LogP contribution in [0.4, 0.5) is 0 Å². The van der Waals surface area contributed by atoms with Crippen molar-refractivity contribution >= 4 is 28.3 Å². The first kappa shape index (κ1) is 13.9. The van der Waals surface area contributed by atoms with Gasteiger partial charge in [0.05, 0.1) is 0 Å². The van der Waals surface area contributed by atoms with Crippen molar-refractivity contribution in [3.63, 3.8) is 0 Å². The van der Waals surface area contributed by atoms with Gasteiger partial charge in [0, 0.05) is 40.3 Å². The molecule has 0 N–H and O–H groups in total. The summed E-state index contributed by atoms with van der Waals surface area (Å²) in [5.74, 6) is 0.0317. The molecule has 3 aromatic rings. The van der Waals surface area contributed by atoms with Crippen LogP contribution >= 0.6 is 11.6 Å². The fourth-order valence-corrected chi connectivity index (χ4v) is 2.73. The van der Waals surface area contributed by atoms with Gasteiger partial charge < -0.3 is 4.57 Å². The second-order valence-corrected chi connectivity index (χ2v) is 5.87. The number of ketones is 1. The number of carbonyl (C=O) groups excluding carboxylic acids is 1. The molecule has 2 nitrogen and oxygen atoms in total. The van der Waals surface area contributed by atoms with E-state index in [1.807, 2.05) is 42.9 Å². The fraction of sp³-hybridized carbons (Fsp3) is 0.167. The summed E-state index contributed by atoms with van der Waals surface area (Å²) in [6, 6.07) is 11.5. The Morgan fingerprint density at radius 3 is 2.57 bits per heavy atom. The van der Waals surface area contributed by atoms with Crippen molar-refractivity contribution in [1.82, 2.24) is 4.57 Å². The number of aromatic nitrogens is 1. The van der Waals surface area contributed by atoms with E-state index in [9.17, 15) is 4.79 Å². The summed E-state index contributed by atoms with van der Waals surface area (Å²) in [6.45, 7) is 3.96. The number of aryl methyl sites for hydroxylation is 3. The predicted octanol–water partition coefficient (Wildman–Crippen LogP) is 4.68. The van der Waals surface area contributed by atoms with E-state index < -0.39 is 0 Å². The van der Waals surface area contributed by atoms with Gasteiger partial charge in [-0.25, -0.2) is 0 Å². The highest BCUT2D eigenvalue weighted by Gasteiger charge is 2.16. The van der Waals surface area contributed by atoms with Crippen molar-refractivity contribution < 1.29 is 4.79 Å². The van der Waals surface area contributed by atoms with E-state index in [4.69, 9.17) is 11.6 Å². The summed E-state index contributed by atoms with van der Waals surface area (Å²) in [7, 11) is 1.96. The average Bonchev–Trinajstić information content (AvgIpc) is 2.78. The molecule has 3 heteroatoms. The molecule has 0 saturated heterocycles. The lowest BCUT2D eigenvalue weighted by Crippen LogP contribution is -2.01. The molecule has 1 aromatic heterocycles. The smallest absolute Gasteiger partial charge is 0.195 e. The topological polar surface area (TPSA) is 22.0 Å². The molecule has 0 aliphatic rings. The van der Waals surface area contributed by atoms with E-state index >= 15 is 0 Å². The Kier molecular flexibility index (Phi) is 3.34. The molecule has 0 aliphatic heterocycles. The third kappa shape index (κ3) is 2.36. The molecule has 0 bridgehead atoms. The van der Waals surface area contributed by atoms with E-state index in [1.54, 1.807) is 12.1 Å². The molecule has 0 unspecified atom stereocenters. The number of benzene rings is 2. The van der Waals surface area contributed by atoms with E-state index in [2.05, 4.69) is 13.0 Å². The standard InChI is InChI=1S/C18H16ClNO/c1-11-4-6-14-15(10-20(3)17(14)8-11)18(21)13-5-7-16(19)12(2)9-13/h4-10H,1-3H3. The second kappa shape index (κ2) is 5.05. The summed E-state index contributed by atoms with van der Waals surface area (Å²) in [5, 5.41) is 1.67. The van der Waals surface area contributed by atoms with Crippen LogP contribution in [0.1, 0.15) is 27.0 Å². The van der Waals surface area contributed by atoms with Crippen LogP contribution in [0.25, 0.3) is 10.9 Å². The van der Waals surface area contributed by atoms with Crippen molar-refractivity contribution in [2.75, 3.05) is 0 Å². The van der Waals surface area contributed by atoms with Crippen LogP contribution in [0.5, 0.6) is 0 Å². The maximum Gasteiger partial charge on any atom is 0.195 e. The van der Waals surface area contributed by atoms with E-state index in [1.165, 1.54) is 5.56 Å². The highest BCUT2D eigenvalue weighted by Crippen LogP contribution is 2.25. The van der Waals surface area contributed by atoms with Crippen LogP contribution in [0, 0.1) is 13.8 Å². The second-order valence-electron chi connectivity index (χ2n) is 5.47. The van der Waals surface area contributed by atoms with Gasteiger partial charge in [-0.3, -0.25) is 4.79 Å². The van der Waals surface area contributed by atoms with Crippen molar-refractivity contribution in [2.45, 2.75) is 13.8 Å². The molecule has 2 aromatic carbocycles. The van der Waals surface area contributed by atoms with Gasteiger partial charge in [0.2, 0.25) is 0 Å². The van der Waals surface area contributed by atoms with Gasteiger partial charge >= 0.3 is 0 Å². The molecular weight excluding hydrogens is 282 g/mol. The maximum absolute atomic E-state index is 12.8. The summed E-state index contributed by atoms with van der Waals surface area (Å²) in [5.41, 5.74) is 4.58. The summed E-state index contributed by atoms with van der Waals surface area (Å²) in [4.78, 5) is 12.8. The number of carbonyl (C=O) groups is 1. The largest absolute Gasteiger partial charge is 0.350 e. The average molecular weight is 298 g/mol. The number of rotatable bonds is 2. The number of nitrogens with zero attached hydrogens (tertiary/aromatic N) is 1. The molecule has 1 heterocycles. The van der Waals surface area contributed by atoms with Crippen LogP contribution in [-0.2, 0) is 7.05 Å². The Hall–Kier alpha value is -2.06. The zero-order valence-electron chi connectivity index (χ0n) is 12.3.